The molecule has 0 unspecified atom stereocenters. The van der Waals surface area contributed by atoms with E-state index in [1.165, 1.54) is 38.5 Å². The molecule has 1 N–H and O–H groups in total. The average molecular weight is 341 g/mol. The predicted octanol–water partition coefficient (Wildman–Crippen LogP) is 4.75. The van der Waals surface area contributed by atoms with Gasteiger partial charge in [-0.3, -0.25) is 0 Å². The third-order valence-corrected chi connectivity index (χ3v) is 4.54. The van der Waals surface area contributed by atoms with Gasteiger partial charge >= 0.3 is 5.97 Å². The summed E-state index contributed by atoms with van der Waals surface area (Å²) in [5, 5.41) is 10.3. The molecular formula is C20H36O4. The summed E-state index contributed by atoms with van der Waals surface area (Å²) in [6.07, 6.45) is 11.8. The first kappa shape index (κ1) is 21.2. The van der Waals surface area contributed by atoms with Crippen LogP contribution in [0.3, 0.4) is 0 Å². The fourth-order valence-corrected chi connectivity index (χ4v) is 2.68. The number of esters is 1. The first-order chi connectivity index (χ1) is 11.2. The van der Waals surface area contributed by atoms with Gasteiger partial charge in [0.2, 0.25) is 6.29 Å². The zero-order valence-electron chi connectivity index (χ0n) is 16.1. The van der Waals surface area contributed by atoms with Gasteiger partial charge in [0.1, 0.15) is 6.10 Å². The molecule has 0 aromatic heterocycles. The molecule has 0 bridgehead atoms. The Hall–Kier alpha value is -0.870. The average Bonchev–Trinajstić information content (AvgIpc) is 2.82. The molecule has 0 radical (unpaired) electrons. The number of aliphatic hydroxyl groups excluding tert-OH is 1. The van der Waals surface area contributed by atoms with E-state index >= 15 is 0 Å². The number of rotatable bonds is 10. The molecule has 1 heterocycles. The SMILES string of the molecule is CCCCCCCCC/C=C/[C@H](O)[C@@]1(C)O[C@H](C(C)(C)C)OC1=O. The molecule has 24 heavy (non-hydrogen) atoms. The second-order valence-electron chi connectivity index (χ2n) is 8.11. The summed E-state index contributed by atoms with van der Waals surface area (Å²) in [6, 6.07) is 0. The lowest BCUT2D eigenvalue weighted by molar-refractivity contribution is -0.160. The van der Waals surface area contributed by atoms with Gasteiger partial charge in [0.15, 0.2) is 5.60 Å². The van der Waals surface area contributed by atoms with Gasteiger partial charge in [-0.25, -0.2) is 4.79 Å². The van der Waals surface area contributed by atoms with Crippen LogP contribution in [0.5, 0.6) is 0 Å². The second kappa shape index (κ2) is 9.57. The summed E-state index contributed by atoms with van der Waals surface area (Å²) in [6.45, 7) is 9.66. The van der Waals surface area contributed by atoms with Gasteiger partial charge in [0.05, 0.1) is 0 Å². The van der Waals surface area contributed by atoms with Crippen molar-refractivity contribution in [2.45, 2.75) is 104 Å². The topological polar surface area (TPSA) is 55.8 Å². The van der Waals surface area contributed by atoms with E-state index in [-0.39, 0.29) is 5.41 Å². The van der Waals surface area contributed by atoms with Gasteiger partial charge in [-0.1, -0.05) is 78.4 Å². The molecular weight excluding hydrogens is 304 g/mol. The van der Waals surface area contributed by atoms with Gasteiger partial charge in [-0.2, -0.15) is 0 Å². The number of unbranched alkanes of at least 4 members (excludes halogenated alkanes) is 7. The van der Waals surface area contributed by atoms with Crippen molar-refractivity contribution in [3.63, 3.8) is 0 Å². The minimum absolute atomic E-state index is 0.311. The van der Waals surface area contributed by atoms with Crippen LogP contribution < -0.4 is 0 Å². The van der Waals surface area contributed by atoms with E-state index in [9.17, 15) is 9.90 Å². The zero-order chi connectivity index (χ0) is 18.2. The lowest BCUT2D eigenvalue weighted by Gasteiger charge is -2.27. The number of aliphatic hydroxyl groups is 1. The highest BCUT2D eigenvalue weighted by Gasteiger charge is 2.53. The molecule has 0 spiro atoms. The normalized spacial score (nSPS) is 26.1. The van der Waals surface area contributed by atoms with Crippen molar-refractivity contribution in [1.82, 2.24) is 0 Å². The number of carbonyl (C=O) groups excluding carboxylic acids is 1. The summed E-state index contributed by atoms with van der Waals surface area (Å²) in [5.41, 5.74) is -1.62. The lowest BCUT2D eigenvalue weighted by Crippen LogP contribution is -2.44. The minimum atomic E-state index is -1.31. The van der Waals surface area contributed by atoms with Crippen LogP contribution in [0.4, 0.5) is 0 Å². The van der Waals surface area contributed by atoms with E-state index in [0.717, 1.165) is 12.8 Å². The van der Waals surface area contributed by atoms with Crippen LogP contribution in [0.2, 0.25) is 0 Å². The minimum Gasteiger partial charge on any atom is -0.433 e. The zero-order valence-corrected chi connectivity index (χ0v) is 16.1. The molecule has 140 valence electrons. The molecule has 1 rings (SSSR count). The summed E-state index contributed by atoms with van der Waals surface area (Å²) in [4.78, 5) is 12.1. The molecule has 0 saturated carbocycles. The van der Waals surface area contributed by atoms with Crippen molar-refractivity contribution in [3.05, 3.63) is 12.2 Å². The maximum absolute atomic E-state index is 12.1. The smallest absolute Gasteiger partial charge is 0.343 e. The predicted molar refractivity (Wildman–Crippen MR) is 96.6 cm³/mol. The first-order valence-electron chi connectivity index (χ1n) is 9.45. The van der Waals surface area contributed by atoms with Crippen molar-refractivity contribution in [3.8, 4) is 0 Å². The van der Waals surface area contributed by atoms with Crippen molar-refractivity contribution in [2.24, 2.45) is 5.41 Å². The first-order valence-corrected chi connectivity index (χ1v) is 9.45. The number of cyclic esters (lactones) is 1. The van der Waals surface area contributed by atoms with E-state index in [4.69, 9.17) is 9.47 Å². The second-order valence-corrected chi connectivity index (χ2v) is 8.11. The Balaban J connectivity index is 2.33. The van der Waals surface area contributed by atoms with Gasteiger partial charge in [0.25, 0.3) is 0 Å². The summed E-state index contributed by atoms with van der Waals surface area (Å²) < 4.78 is 11.0. The van der Waals surface area contributed by atoms with Crippen molar-refractivity contribution >= 4 is 5.97 Å². The summed E-state index contributed by atoms with van der Waals surface area (Å²) >= 11 is 0. The largest absolute Gasteiger partial charge is 0.433 e. The summed E-state index contributed by atoms with van der Waals surface area (Å²) in [5.74, 6) is -0.490. The molecule has 3 atom stereocenters. The fourth-order valence-electron chi connectivity index (χ4n) is 2.68. The molecule has 1 fully saturated rings. The highest BCUT2D eigenvalue weighted by Crippen LogP contribution is 2.36. The number of ether oxygens (including phenoxy) is 2. The Morgan fingerprint density at radius 3 is 2.29 bits per heavy atom. The van der Waals surface area contributed by atoms with Crippen molar-refractivity contribution in [1.29, 1.82) is 0 Å². The van der Waals surface area contributed by atoms with Crippen molar-refractivity contribution < 1.29 is 19.4 Å². The maximum Gasteiger partial charge on any atom is 0.343 e. The molecule has 1 saturated heterocycles. The molecule has 4 heteroatoms. The Bertz CT molecular complexity index is 410. The standard InChI is InChI=1S/C20H36O4/c1-6-7-8-9-10-11-12-13-14-15-16(21)20(5)17(22)23-18(24-20)19(2,3)4/h14-16,18,21H,6-13H2,1-5H3/b15-14+/t16-,18+,20+/m0/s1. The van der Waals surface area contributed by atoms with Crippen LogP contribution in [-0.4, -0.2) is 29.1 Å². The van der Waals surface area contributed by atoms with Gasteiger partial charge in [0, 0.05) is 5.41 Å². The van der Waals surface area contributed by atoms with Crippen LogP contribution in [0.1, 0.15) is 86.0 Å². The molecule has 1 aliphatic rings. The number of hydrogen-bond acceptors (Lipinski definition) is 4. The van der Waals surface area contributed by atoms with Crippen LogP contribution >= 0.6 is 0 Å². The Labute approximate surface area is 147 Å². The third-order valence-electron chi connectivity index (χ3n) is 4.54. The van der Waals surface area contributed by atoms with Gasteiger partial charge in [-0.15, -0.1) is 0 Å². The molecule has 0 aromatic rings. The summed E-state index contributed by atoms with van der Waals surface area (Å²) in [7, 11) is 0. The quantitative estimate of drug-likeness (QED) is 0.354. The highest BCUT2D eigenvalue weighted by atomic mass is 16.8. The van der Waals surface area contributed by atoms with Crippen LogP contribution in [0.25, 0.3) is 0 Å². The Kier molecular flexibility index (Phi) is 8.44. The van der Waals surface area contributed by atoms with Crippen molar-refractivity contribution in [2.75, 3.05) is 0 Å². The number of allylic oxidation sites excluding steroid dienone is 1. The van der Waals surface area contributed by atoms with Crippen LogP contribution in [0, 0.1) is 5.41 Å². The highest BCUT2D eigenvalue weighted by molar-refractivity contribution is 5.82. The monoisotopic (exact) mass is 340 g/mol. The third kappa shape index (κ3) is 6.21. The van der Waals surface area contributed by atoms with Gasteiger partial charge in [-0.05, 0) is 19.8 Å². The molecule has 0 aliphatic carbocycles. The van der Waals surface area contributed by atoms with E-state index in [1.54, 1.807) is 13.0 Å². The van der Waals surface area contributed by atoms with E-state index in [1.807, 2.05) is 26.8 Å². The molecule has 1 aliphatic heterocycles. The fraction of sp³-hybridized carbons (Fsp3) is 0.850. The Morgan fingerprint density at radius 1 is 1.17 bits per heavy atom. The van der Waals surface area contributed by atoms with E-state index in [2.05, 4.69) is 6.92 Å². The van der Waals surface area contributed by atoms with Crippen LogP contribution in [-0.2, 0) is 14.3 Å². The molecule has 0 amide bonds. The number of carbonyl (C=O) groups is 1. The lowest BCUT2D eigenvalue weighted by atomic mass is 9.95. The van der Waals surface area contributed by atoms with Gasteiger partial charge < -0.3 is 14.6 Å². The maximum atomic E-state index is 12.1. The van der Waals surface area contributed by atoms with Crippen LogP contribution in [0.15, 0.2) is 12.2 Å². The van der Waals surface area contributed by atoms with E-state index in [0.29, 0.717) is 0 Å². The van der Waals surface area contributed by atoms with E-state index < -0.39 is 24.0 Å². The Morgan fingerprint density at radius 2 is 1.75 bits per heavy atom. The molecule has 4 nitrogen and oxygen atoms in total. The molecule has 0 aromatic carbocycles. The number of hydrogen-bond donors (Lipinski definition) is 1.